The zero-order chi connectivity index (χ0) is 17.0. The highest BCUT2D eigenvalue weighted by Crippen LogP contribution is 2.24. The Morgan fingerprint density at radius 1 is 1.30 bits per heavy atom. The second-order valence-corrected chi connectivity index (χ2v) is 6.80. The maximum absolute atomic E-state index is 12.8. The van der Waals surface area contributed by atoms with Crippen molar-refractivity contribution < 1.29 is 22.9 Å². The van der Waals surface area contributed by atoms with Crippen LogP contribution in [0.15, 0.2) is 41.3 Å². The number of rotatable bonds is 4. The van der Waals surface area contributed by atoms with E-state index in [1.165, 1.54) is 7.11 Å². The first kappa shape index (κ1) is 17.1. The van der Waals surface area contributed by atoms with E-state index in [-0.39, 0.29) is 17.1 Å². The van der Waals surface area contributed by atoms with Crippen LogP contribution in [0.1, 0.15) is 12.8 Å². The number of benzene rings is 1. The van der Waals surface area contributed by atoms with E-state index in [9.17, 15) is 23.3 Å². The Kier molecular flexibility index (Phi) is 5.12. The number of methoxy groups -OCH3 is 1. The number of hydrogen-bond donors (Lipinski definition) is 0. The van der Waals surface area contributed by atoms with Gasteiger partial charge in [0, 0.05) is 18.7 Å². The lowest BCUT2D eigenvalue weighted by Gasteiger charge is -2.26. The van der Waals surface area contributed by atoms with Crippen LogP contribution < -0.4 is 0 Å². The standard InChI is InChI=1S/C14H16N2O6S/c1-22-14(17)13-5-3-2-4-10-15(13)23(20,21)12-8-6-11(7-9-12)16(18)19/h2,4,6-9,13H,3,5,10H2,1H3. The quantitative estimate of drug-likeness (QED) is 0.356. The molecule has 0 fully saturated rings. The molecule has 0 amide bonds. The Hall–Kier alpha value is -2.26. The van der Waals surface area contributed by atoms with E-state index in [1.807, 2.05) is 0 Å². The highest BCUT2D eigenvalue weighted by molar-refractivity contribution is 7.89. The molecular weight excluding hydrogens is 324 g/mol. The van der Waals surface area contributed by atoms with Crippen LogP contribution in [0.3, 0.4) is 0 Å². The lowest BCUT2D eigenvalue weighted by Crippen LogP contribution is -2.45. The van der Waals surface area contributed by atoms with Gasteiger partial charge in [-0.25, -0.2) is 8.42 Å². The fourth-order valence-electron chi connectivity index (χ4n) is 2.33. The van der Waals surface area contributed by atoms with E-state index in [0.29, 0.717) is 12.8 Å². The van der Waals surface area contributed by atoms with E-state index in [4.69, 9.17) is 4.74 Å². The van der Waals surface area contributed by atoms with Gasteiger partial charge in [-0.1, -0.05) is 12.2 Å². The van der Waals surface area contributed by atoms with Gasteiger partial charge in [0.1, 0.15) is 6.04 Å². The normalized spacial score (nSPS) is 19.1. The molecular formula is C14H16N2O6S. The van der Waals surface area contributed by atoms with Crippen molar-refractivity contribution >= 4 is 21.7 Å². The smallest absolute Gasteiger partial charge is 0.324 e. The van der Waals surface area contributed by atoms with Gasteiger partial charge in [-0.2, -0.15) is 4.31 Å². The number of esters is 1. The summed E-state index contributed by atoms with van der Waals surface area (Å²) >= 11 is 0. The molecule has 0 spiro atoms. The number of nitrogens with zero attached hydrogens (tertiary/aromatic N) is 2. The summed E-state index contributed by atoms with van der Waals surface area (Å²) in [6.07, 6.45) is 4.36. The number of nitro groups is 1. The molecule has 0 N–H and O–H groups in total. The van der Waals surface area contributed by atoms with Gasteiger partial charge in [0.15, 0.2) is 0 Å². The van der Waals surface area contributed by atoms with Gasteiger partial charge in [0.05, 0.1) is 16.9 Å². The maximum Gasteiger partial charge on any atom is 0.324 e. The molecule has 0 saturated carbocycles. The summed E-state index contributed by atoms with van der Waals surface area (Å²) in [5.74, 6) is -0.626. The molecule has 0 aromatic heterocycles. The van der Waals surface area contributed by atoms with Crippen LogP contribution in [0.25, 0.3) is 0 Å². The Bertz CT molecular complexity index is 726. The third-order valence-corrected chi connectivity index (χ3v) is 5.42. The van der Waals surface area contributed by atoms with Crippen molar-refractivity contribution in [1.29, 1.82) is 0 Å². The minimum Gasteiger partial charge on any atom is -0.468 e. The summed E-state index contributed by atoms with van der Waals surface area (Å²) < 4.78 is 31.3. The molecule has 124 valence electrons. The Morgan fingerprint density at radius 3 is 2.52 bits per heavy atom. The number of hydrogen-bond acceptors (Lipinski definition) is 6. The summed E-state index contributed by atoms with van der Waals surface area (Å²) in [7, 11) is -2.77. The van der Waals surface area contributed by atoms with Gasteiger partial charge in [-0.3, -0.25) is 14.9 Å². The number of ether oxygens (including phenoxy) is 1. The zero-order valence-electron chi connectivity index (χ0n) is 12.4. The van der Waals surface area contributed by atoms with Crippen molar-refractivity contribution in [3.8, 4) is 0 Å². The molecule has 1 unspecified atom stereocenters. The van der Waals surface area contributed by atoms with Crippen molar-refractivity contribution in [2.75, 3.05) is 13.7 Å². The molecule has 0 bridgehead atoms. The summed E-state index contributed by atoms with van der Waals surface area (Å²) in [4.78, 5) is 21.9. The van der Waals surface area contributed by atoms with Gasteiger partial charge in [-0.05, 0) is 25.0 Å². The van der Waals surface area contributed by atoms with Crippen molar-refractivity contribution in [2.24, 2.45) is 0 Å². The predicted molar refractivity (Wildman–Crippen MR) is 81.2 cm³/mol. The van der Waals surface area contributed by atoms with Crippen LogP contribution >= 0.6 is 0 Å². The highest BCUT2D eigenvalue weighted by atomic mass is 32.2. The maximum atomic E-state index is 12.8. The SMILES string of the molecule is COC(=O)C1CCC=CCN1S(=O)(=O)c1ccc([N+](=O)[O-])cc1. The first-order chi connectivity index (χ1) is 10.9. The van der Waals surface area contributed by atoms with Crippen LogP contribution in [0.2, 0.25) is 0 Å². The predicted octanol–water partition coefficient (Wildman–Crippen LogP) is 1.48. The first-order valence-corrected chi connectivity index (χ1v) is 8.31. The van der Waals surface area contributed by atoms with Gasteiger partial charge < -0.3 is 4.74 Å². The van der Waals surface area contributed by atoms with Crippen molar-refractivity contribution in [1.82, 2.24) is 4.31 Å². The van der Waals surface area contributed by atoms with Gasteiger partial charge in [0.25, 0.3) is 5.69 Å². The van der Waals surface area contributed by atoms with Crippen LogP contribution in [0.5, 0.6) is 0 Å². The molecule has 1 heterocycles. The molecule has 1 aromatic rings. The second-order valence-electron chi connectivity index (χ2n) is 4.91. The van der Waals surface area contributed by atoms with Crippen LogP contribution in [0, 0.1) is 10.1 Å². The molecule has 0 saturated heterocycles. The molecule has 2 rings (SSSR count). The fourth-order valence-corrected chi connectivity index (χ4v) is 3.89. The molecule has 1 atom stereocenters. The van der Waals surface area contributed by atoms with Crippen molar-refractivity contribution in [2.45, 2.75) is 23.8 Å². The van der Waals surface area contributed by atoms with E-state index < -0.39 is 27.0 Å². The molecule has 8 nitrogen and oxygen atoms in total. The highest BCUT2D eigenvalue weighted by Gasteiger charge is 2.36. The molecule has 0 aliphatic carbocycles. The van der Waals surface area contributed by atoms with Crippen molar-refractivity contribution in [3.63, 3.8) is 0 Å². The fraction of sp³-hybridized carbons (Fsp3) is 0.357. The molecule has 0 radical (unpaired) electrons. The minimum absolute atomic E-state index is 0.0408. The van der Waals surface area contributed by atoms with Crippen molar-refractivity contribution in [3.05, 3.63) is 46.5 Å². The Morgan fingerprint density at radius 2 is 1.96 bits per heavy atom. The average molecular weight is 340 g/mol. The van der Waals surface area contributed by atoms with Gasteiger partial charge >= 0.3 is 5.97 Å². The van der Waals surface area contributed by atoms with Crippen LogP contribution in [-0.2, 0) is 19.6 Å². The molecule has 1 aromatic carbocycles. The summed E-state index contributed by atoms with van der Waals surface area (Å²) in [6, 6.07) is 3.64. The zero-order valence-corrected chi connectivity index (χ0v) is 13.2. The summed E-state index contributed by atoms with van der Waals surface area (Å²) in [5, 5.41) is 10.7. The third kappa shape index (κ3) is 3.57. The van der Waals surface area contributed by atoms with Gasteiger partial charge in [0.2, 0.25) is 10.0 Å². The minimum atomic E-state index is -3.97. The van der Waals surface area contributed by atoms with Crippen LogP contribution in [-0.4, -0.2) is 43.3 Å². The second kappa shape index (κ2) is 6.88. The molecule has 23 heavy (non-hydrogen) atoms. The molecule has 9 heteroatoms. The van der Waals surface area contributed by atoms with E-state index >= 15 is 0 Å². The van der Waals surface area contributed by atoms with E-state index in [2.05, 4.69) is 0 Å². The number of carbonyl (C=O) groups is 1. The Labute approximate surface area is 133 Å². The lowest BCUT2D eigenvalue weighted by atomic mass is 10.2. The van der Waals surface area contributed by atoms with Gasteiger partial charge in [-0.15, -0.1) is 0 Å². The van der Waals surface area contributed by atoms with E-state index in [1.54, 1.807) is 12.2 Å². The first-order valence-electron chi connectivity index (χ1n) is 6.87. The third-order valence-electron chi connectivity index (χ3n) is 3.53. The number of nitro benzene ring substituents is 1. The Balaban J connectivity index is 2.40. The number of sulfonamides is 1. The molecule has 1 aliphatic heterocycles. The molecule has 1 aliphatic rings. The summed E-state index contributed by atoms with van der Waals surface area (Å²) in [6.45, 7) is 0.0408. The average Bonchev–Trinajstić information content (AvgIpc) is 2.80. The number of allylic oxidation sites excluding steroid dienone is 1. The summed E-state index contributed by atoms with van der Waals surface area (Å²) in [5.41, 5.74) is -0.204. The van der Waals surface area contributed by atoms with E-state index in [0.717, 1.165) is 28.6 Å². The lowest BCUT2D eigenvalue weighted by molar-refractivity contribution is -0.384. The number of non-ortho nitro benzene ring substituents is 1. The van der Waals surface area contributed by atoms with Crippen LogP contribution in [0.4, 0.5) is 5.69 Å². The monoisotopic (exact) mass is 340 g/mol. The number of carbonyl (C=O) groups excluding carboxylic acids is 1. The largest absolute Gasteiger partial charge is 0.468 e. The topological polar surface area (TPSA) is 107 Å².